The number of fused-ring (bicyclic) bond motifs is 2. The molecule has 3 heterocycles. The highest BCUT2D eigenvalue weighted by Crippen LogP contribution is 2.32. The van der Waals surface area contributed by atoms with E-state index in [1.54, 1.807) is 44.3 Å². The fourth-order valence-corrected chi connectivity index (χ4v) is 3.32. The number of benzene rings is 1. The molecule has 0 aliphatic carbocycles. The predicted octanol–water partition coefficient (Wildman–Crippen LogP) is 3.44. The maximum atomic E-state index is 15.2. The van der Waals surface area contributed by atoms with Gasteiger partial charge in [0.05, 0.1) is 24.0 Å². The van der Waals surface area contributed by atoms with Gasteiger partial charge in [-0.3, -0.25) is 4.98 Å². The van der Waals surface area contributed by atoms with Crippen LogP contribution in [0.5, 0.6) is 0 Å². The monoisotopic (exact) mass is 411 g/mol. The van der Waals surface area contributed by atoms with Crippen molar-refractivity contribution in [1.82, 2.24) is 19.6 Å². The first-order valence-electron chi connectivity index (χ1n) is 9.36. The molecule has 9 heteroatoms. The number of hydrogen-bond donors (Lipinski definition) is 1. The molecular formula is C21H19F2N5O2. The summed E-state index contributed by atoms with van der Waals surface area (Å²) in [5.74, 6) is -1.98. The lowest BCUT2D eigenvalue weighted by Gasteiger charge is -2.15. The van der Waals surface area contributed by atoms with Crippen LogP contribution in [-0.2, 0) is 4.84 Å². The molecule has 0 unspecified atom stereocenters. The van der Waals surface area contributed by atoms with E-state index >= 15 is 4.39 Å². The number of oxime groups is 1. The molecule has 4 rings (SSSR count). The molecule has 0 aliphatic rings. The number of nitrogens with zero attached hydrogens (tertiary/aromatic N) is 5. The number of aromatic nitrogens is 4. The molecule has 0 saturated carbocycles. The largest absolute Gasteiger partial charge is 0.393 e. The normalized spacial score (nSPS) is 13.2. The van der Waals surface area contributed by atoms with Crippen molar-refractivity contribution in [1.29, 1.82) is 0 Å². The minimum atomic E-state index is -0.674. The molecule has 0 amide bonds. The average Bonchev–Trinajstić information content (AvgIpc) is 3.17. The molecule has 1 aromatic carbocycles. The highest BCUT2D eigenvalue weighted by atomic mass is 19.1. The molecule has 1 N–H and O–H groups in total. The topological polar surface area (TPSA) is 84.9 Å². The second kappa shape index (κ2) is 8.11. The maximum Gasteiger partial charge on any atom is 0.153 e. The Morgan fingerprint density at radius 1 is 1.27 bits per heavy atom. The van der Waals surface area contributed by atoms with Crippen LogP contribution in [0.1, 0.15) is 36.7 Å². The average molecular weight is 411 g/mol. The molecule has 0 radical (unpaired) electrons. The third kappa shape index (κ3) is 3.48. The third-order valence-electron chi connectivity index (χ3n) is 4.85. The van der Waals surface area contributed by atoms with Gasteiger partial charge in [-0.05, 0) is 31.2 Å². The lowest BCUT2D eigenvalue weighted by atomic mass is 9.95. The summed E-state index contributed by atoms with van der Waals surface area (Å²) in [7, 11) is 0. The van der Waals surface area contributed by atoms with Crippen LogP contribution in [-0.4, -0.2) is 43.6 Å². The summed E-state index contributed by atoms with van der Waals surface area (Å²) in [4.78, 5) is 13.3. The van der Waals surface area contributed by atoms with Crippen LogP contribution in [0.2, 0.25) is 0 Å². The van der Waals surface area contributed by atoms with Crippen molar-refractivity contribution < 1.29 is 18.7 Å². The number of aliphatic hydroxyl groups is 1. The van der Waals surface area contributed by atoms with Gasteiger partial charge in [0.15, 0.2) is 5.65 Å². The summed E-state index contributed by atoms with van der Waals surface area (Å²) in [6.07, 6.45) is 3.05. The predicted molar refractivity (Wildman–Crippen MR) is 107 cm³/mol. The van der Waals surface area contributed by atoms with E-state index in [-0.39, 0.29) is 29.7 Å². The molecule has 0 spiro atoms. The van der Waals surface area contributed by atoms with E-state index in [9.17, 15) is 4.39 Å². The first-order valence-corrected chi connectivity index (χ1v) is 9.36. The van der Waals surface area contributed by atoms with Crippen LogP contribution in [0.4, 0.5) is 8.78 Å². The molecule has 0 saturated heterocycles. The Bertz CT molecular complexity index is 1260. The number of pyridine rings is 1. The van der Waals surface area contributed by atoms with Crippen LogP contribution in [0, 0.1) is 11.6 Å². The Morgan fingerprint density at radius 2 is 2.10 bits per heavy atom. The molecule has 0 fully saturated rings. The van der Waals surface area contributed by atoms with E-state index in [1.165, 1.54) is 16.8 Å². The van der Waals surface area contributed by atoms with Crippen molar-refractivity contribution in [3.05, 3.63) is 71.3 Å². The second-order valence-electron chi connectivity index (χ2n) is 6.78. The van der Waals surface area contributed by atoms with E-state index in [0.717, 1.165) is 0 Å². The maximum absolute atomic E-state index is 15.2. The summed E-state index contributed by atoms with van der Waals surface area (Å²) in [5.41, 5.74) is 2.25. The van der Waals surface area contributed by atoms with Crippen LogP contribution in [0.3, 0.4) is 0 Å². The zero-order valence-corrected chi connectivity index (χ0v) is 16.4. The summed E-state index contributed by atoms with van der Waals surface area (Å²) >= 11 is 0. The molecule has 4 aromatic rings. The van der Waals surface area contributed by atoms with Crippen molar-refractivity contribution in [2.75, 3.05) is 13.2 Å². The molecule has 7 nitrogen and oxygen atoms in total. The molecule has 1 atom stereocenters. The van der Waals surface area contributed by atoms with Crippen LogP contribution in [0.15, 0.2) is 47.9 Å². The summed E-state index contributed by atoms with van der Waals surface area (Å²) in [5, 5.41) is 17.5. The zero-order chi connectivity index (χ0) is 21.3. The van der Waals surface area contributed by atoms with Gasteiger partial charge in [0.2, 0.25) is 0 Å². The van der Waals surface area contributed by atoms with Gasteiger partial charge in [0.25, 0.3) is 0 Å². The third-order valence-corrected chi connectivity index (χ3v) is 4.85. The Kier molecular flexibility index (Phi) is 5.37. The quantitative estimate of drug-likeness (QED) is 0.298. The van der Waals surface area contributed by atoms with Gasteiger partial charge >= 0.3 is 0 Å². The zero-order valence-electron chi connectivity index (χ0n) is 16.4. The molecule has 0 bridgehead atoms. The Hall–Kier alpha value is -3.46. The van der Waals surface area contributed by atoms with Crippen molar-refractivity contribution in [2.45, 2.75) is 19.8 Å². The minimum Gasteiger partial charge on any atom is -0.393 e. The summed E-state index contributed by atoms with van der Waals surface area (Å²) in [6.45, 7) is 3.33. The highest BCUT2D eigenvalue weighted by Gasteiger charge is 2.24. The standard InChI is InChI=1S/C21H19F2N5O2/c1-12(20-15(22)10-17-14(21(20)23)4-3-7-24-17)18-11-25-19-6-5-16(26-28(18)19)13(2)27-30-9-8-29/h3-7,10-12,29H,8-9H2,1-2H3/t12-/m0/s1. The highest BCUT2D eigenvalue weighted by molar-refractivity contribution is 5.96. The SMILES string of the molecule is CC(=NOCCO)c1ccc2ncc([C@H](C)c3c(F)cc4ncccc4c3F)n2n1. The summed E-state index contributed by atoms with van der Waals surface area (Å²) < 4.78 is 31.5. The van der Waals surface area contributed by atoms with Crippen molar-refractivity contribution in [3.63, 3.8) is 0 Å². The molecule has 3 aromatic heterocycles. The first-order chi connectivity index (χ1) is 14.5. The van der Waals surface area contributed by atoms with Gasteiger partial charge < -0.3 is 9.94 Å². The van der Waals surface area contributed by atoms with E-state index in [2.05, 4.69) is 20.2 Å². The Labute approximate surface area is 170 Å². The van der Waals surface area contributed by atoms with Gasteiger partial charge in [-0.1, -0.05) is 12.1 Å². The minimum absolute atomic E-state index is 0.0684. The molecule has 154 valence electrons. The van der Waals surface area contributed by atoms with E-state index < -0.39 is 17.6 Å². The van der Waals surface area contributed by atoms with Gasteiger partial charge in [0, 0.05) is 29.1 Å². The van der Waals surface area contributed by atoms with Gasteiger partial charge in [0.1, 0.15) is 29.6 Å². The summed E-state index contributed by atoms with van der Waals surface area (Å²) in [6, 6.07) is 7.88. The molecule has 30 heavy (non-hydrogen) atoms. The number of aliphatic hydroxyl groups excluding tert-OH is 1. The molecule has 0 aliphatic heterocycles. The second-order valence-corrected chi connectivity index (χ2v) is 6.78. The van der Waals surface area contributed by atoms with E-state index in [1.807, 2.05) is 0 Å². The van der Waals surface area contributed by atoms with Gasteiger partial charge in [-0.25, -0.2) is 18.3 Å². The van der Waals surface area contributed by atoms with Crippen LogP contribution >= 0.6 is 0 Å². The van der Waals surface area contributed by atoms with E-state index in [4.69, 9.17) is 9.94 Å². The Morgan fingerprint density at radius 3 is 2.90 bits per heavy atom. The number of rotatable bonds is 6. The fraction of sp³-hybridized carbons (Fsp3) is 0.238. The van der Waals surface area contributed by atoms with Gasteiger partial charge in [-0.15, -0.1) is 0 Å². The lowest BCUT2D eigenvalue weighted by molar-refractivity contribution is 0.0986. The fourth-order valence-electron chi connectivity index (χ4n) is 3.32. The lowest BCUT2D eigenvalue weighted by Crippen LogP contribution is -2.11. The van der Waals surface area contributed by atoms with Crippen LogP contribution < -0.4 is 0 Å². The first kappa shape index (κ1) is 19.8. The van der Waals surface area contributed by atoms with Crippen molar-refractivity contribution in [2.24, 2.45) is 5.16 Å². The number of imidazole rings is 1. The number of hydrogen-bond acceptors (Lipinski definition) is 6. The van der Waals surface area contributed by atoms with Gasteiger partial charge in [-0.2, -0.15) is 5.10 Å². The van der Waals surface area contributed by atoms with E-state index in [0.29, 0.717) is 22.7 Å². The van der Waals surface area contributed by atoms with Crippen LogP contribution in [0.25, 0.3) is 16.6 Å². The number of halogens is 2. The molecular weight excluding hydrogens is 392 g/mol. The smallest absolute Gasteiger partial charge is 0.153 e. The van der Waals surface area contributed by atoms with Crippen molar-refractivity contribution >= 4 is 22.3 Å². The Balaban J connectivity index is 1.79. The van der Waals surface area contributed by atoms with Crippen molar-refractivity contribution in [3.8, 4) is 0 Å².